The van der Waals surface area contributed by atoms with Crippen molar-refractivity contribution in [1.82, 2.24) is 0 Å². The molecule has 0 saturated heterocycles. The molecular weight excluding hydrogens is 258 g/mol. The van der Waals surface area contributed by atoms with Gasteiger partial charge in [0.05, 0.1) is 6.61 Å². The van der Waals surface area contributed by atoms with Crippen molar-refractivity contribution < 1.29 is 4.74 Å². The molecule has 0 aliphatic heterocycles. The zero-order chi connectivity index (χ0) is 11.1. The number of hydrogen-bond acceptors (Lipinski definition) is 2. The monoisotopic (exact) mass is 269 g/mol. The summed E-state index contributed by atoms with van der Waals surface area (Å²) < 4.78 is 6.56. The number of ether oxygens (including phenoxy) is 1. The largest absolute Gasteiger partial charge is 0.494 e. The van der Waals surface area contributed by atoms with Gasteiger partial charge >= 0.3 is 0 Å². The minimum atomic E-state index is 0.478. The molecule has 4 nitrogen and oxygen atoms in total. The molecule has 0 spiro atoms. The maximum absolute atomic E-state index is 8.06. The predicted octanol–water partition coefficient (Wildman–Crippen LogP) is 3.84. The Hall–Kier alpha value is -1.19. The van der Waals surface area contributed by atoms with Crippen LogP contribution in [0.2, 0.25) is 0 Å². The van der Waals surface area contributed by atoms with E-state index < -0.39 is 0 Å². The average molecular weight is 270 g/mol. The van der Waals surface area contributed by atoms with Gasteiger partial charge in [-0.3, -0.25) is 0 Å². The zero-order valence-corrected chi connectivity index (χ0v) is 10.1. The number of hydrogen-bond donors (Lipinski definition) is 0. The van der Waals surface area contributed by atoms with E-state index in [-0.39, 0.29) is 0 Å². The summed E-state index contributed by atoms with van der Waals surface area (Å²) in [5, 5.41) is 3.43. The van der Waals surface area contributed by atoms with E-state index in [4.69, 9.17) is 10.3 Å². The zero-order valence-electron chi connectivity index (χ0n) is 8.48. The molecule has 0 heterocycles. The fourth-order valence-electron chi connectivity index (χ4n) is 1.08. The molecule has 0 bridgehead atoms. The highest BCUT2D eigenvalue weighted by Gasteiger charge is 1.97. The van der Waals surface area contributed by atoms with E-state index in [1.807, 2.05) is 25.1 Å². The molecule has 0 radical (unpaired) electrons. The minimum Gasteiger partial charge on any atom is -0.494 e. The molecule has 15 heavy (non-hydrogen) atoms. The Morgan fingerprint density at radius 1 is 1.53 bits per heavy atom. The number of benzene rings is 1. The van der Waals surface area contributed by atoms with Crippen LogP contribution in [0.3, 0.4) is 0 Å². The summed E-state index contributed by atoms with van der Waals surface area (Å²) in [4.78, 5) is 2.67. The van der Waals surface area contributed by atoms with Gasteiger partial charge in [-0.25, -0.2) is 0 Å². The molecule has 0 aromatic heterocycles. The van der Waals surface area contributed by atoms with Crippen LogP contribution in [-0.4, -0.2) is 13.2 Å². The first-order valence-corrected chi connectivity index (χ1v) is 5.43. The molecule has 0 saturated carbocycles. The van der Waals surface area contributed by atoms with E-state index >= 15 is 0 Å². The molecule has 5 heteroatoms. The second kappa shape index (κ2) is 6.32. The van der Waals surface area contributed by atoms with Crippen LogP contribution < -0.4 is 4.74 Å². The van der Waals surface area contributed by atoms with Crippen molar-refractivity contribution in [3.05, 3.63) is 38.7 Å². The second-order valence-corrected chi connectivity index (χ2v) is 3.92. The Morgan fingerprint density at radius 2 is 2.33 bits per heavy atom. The van der Waals surface area contributed by atoms with Gasteiger partial charge in [0.15, 0.2) is 0 Å². The first-order valence-electron chi connectivity index (χ1n) is 4.64. The van der Waals surface area contributed by atoms with Crippen molar-refractivity contribution in [2.24, 2.45) is 5.11 Å². The van der Waals surface area contributed by atoms with Gasteiger partial charge in [0.25, 0.3) is 0 Å². The number of halogens is 1. The number of nitrogens with zero attached hydrogens (tertiary/aromatic N) is 3. The van der Waals surface area contributed by atoms with Crippen LogP contribution in [0, 0.1) is 6.92 Å². The van der Waals surface area contributed by atoms with E-state index in [2.05, 4.69) is 26.0 Å². The van der Waals surface area contributed by atoms with Crippen LogP contribution in [0.4, 0.5) is 0 Å². The van der Waals surface area contributed by atoms with E-state index in [0.29, 0.717) is 13.2 Å². The summed E-state index contributed by atoms with van der Waals surface area (Å²) in [6, 6.07) is 5.83. The molecule has 0 N–H and O–H groups in total. The molecule has 1 rings (SSSR count). The summed E-state index contributed by atoms with van der Waals surface area (Å²) >= 11 is 3.42. The molecular formula is C10H12BrN3O. The third-order valence-corrected chi connectivity index (χ3v) is 2.75. The van der Waals surface area contributed by atoms with Gasteiger partial charge < -0.3 is 4.74 Å². The Bertz CT molecular complexity index is 375. The van der Waals surface area contributed by atoms with E-state index in [1.165, 1.54) is 0 Å². The van der Waals surface area contributed by atoms with Gasteiger partial charge in [0.2, 0.25) is 0 Å². The van der Waals surface area contributed by atoms with Gasteiger partial charge in [0.1, 0.15) is 5.75 Å². The minimum absolute atomic E-state index is 0.478. The fourth-order valence-corrected chi connectivity index (χ4v) is 1.32. The normalized spacial score (nSPS) is 9.47. The highest BCUT2D eigenvalue weighted by atomic mass is 79.9. The molecule has 1 aromatic rings. The van der Waals surface area contributed by atoms with Crippen LogP contribution in [0.15, 0.2) is 27.8 Å². The van der Waals surface area contributed by atoms with Crippen LogP contribution in [0.5, 0.6) is 5.75 Å². The summed E-state index contributed by atoms with van der Waals surface area (Å²) in [6.45, 7) is 3.06. The van der Waals surface area contributed by atoms with Crippen LogP contribution >= 0.6 is 15.9 Å². The van der Waals surface area contributed by atoms with Crippen molar-refractivity contribution in [3.63, 3.8) is 0 Å². The van der Waals surface area contributed by atoms with Crippen molar-refractivity contribution in [2.45, 2.75) is 13.3 Å². The quantitative estimate of drug-likeness (QED) is 0.347. The van der Waals surface area contributed by atoms with Crippen molar-refractivity contribution in [1.29, 1.82) is 0 Å². The molecule has 80 valence electrons. The molecule has 0 atom stereocenters. The molecule has 0 fully saturated rings. The highest BCUT2D eigenvalue weighted by molar-refractivity contribution is 9.10. The molecule has 1 aromatic carbocycles. The van der Waals surface area contributed by atoms with Gasteiger partial charge in [-0.05, 0) is 42.6 Å². The summed E-state index contributed by atoms with van der Waals surface area (Å²) in [5.41, 5.74) is 9.20. The lowest BCUT2D eigenvalue weighted by molar-refractivity contribution is 0.313. The standard InChI is InChI=1S/C10H12BrN3O/c1-8-7-9(3-4-10(8)11)15-6-2-5-13-14-12/h3-4,7H,2,5-6H2,1H3. The molecule has 0 aliphatic rings. The summed E-state index contributed by atoms with van der Waals surface area (Å²) in [6.07, 6.45) is 0.735. The van der Waals surface area contributed by atoms with Gasteiger partial charge in [-0.15, -0.1) is 0 Å². The maximum atomic E-state index is 8.06. The average Bonchev–Trinajstić information content (AvgIpc) is 2.23. The Morgan fingerprint density at radius 3 is 3.00 bits per heavy atom. The second-order valence-electron chi connectivity index (χ2n) is 3.07. The van der Waals surface area contributed by atoms with Crippen molar-refractivity contribution >= 4 is 15.9 Å². The first-order chi connectivity index (χ1) is 7.24. The Labute approximate surface area is 97.0 Å². The first kappa shape index (κ1) is 11.9. The SMILES string of the molecule is Cc1cc(OCCCN=[N+]=[N-])ccc1Br. The Balaban J connectivity index is 2.37. The summed E-state index contributed by atoms with van der Waals surface area (Å²) in [7, 11) is 0. The fraction of sp³-hybridized carbons (Fsp3) is 0.400. The summed E-state index contributed by atoms with van der Waals surface area (Å²) in [5.74, 6) is 0.844. The Kier molecular flexibility index (Phi) is 5.01. The lowest BCUT2D eigenvalue weighted by Crippen LogP contribution is -1.98. The molecule has 0 amide bonds. The number of azide groups is 1. The highest BCUT2D eigenvalue weighted by Crippen LogP contribution is 2.21. The topological polar surface area (TPSA) is 58.0 Å². The molecule has 0 unspecified atom stereocenters. The lowest BCUT2D eigenvalue weighted by Gasteiger charge is -2.06. The third-order valence-electron chi connectivity index (χ3n) is 1.86. The molecule has 0 aliphatic carbocycles. The maximum Gasteiger partial charge on any atom is 0.119 e. The number of aryl methyl sites for hydroxylation is 1. The van der Waals surface area contributed by atoms with E-state index in [1.54, 1.807) is 0 Å². The van der Waals surface area contributed by atoms with Gasteiger partial charge in [-0.1, -0.05) is 21.0 Å². The number of rotatable bonds is 5. The van der Waals surface area contributed by atoms with Crippen LogP contribution in [0.1, 0.15) is 12.0 Å². The van der Waals surface area contributed by atoms with Crippen molar-refractivity contribution in [3.8, 4) is 5.75 Å². The van der Waals surface area contributed by atoms with Crippen LogP contribution in [-0.2, 0) is 0 Å². The van der Waals surface area contributed by atoms with E-state index in [9.17, 15) is 0 Å². The lowest BCUT2D eigenvalue weighted by atomic mass is 10.2. The predicted molar refractivity (Wildman–Crippen MR) is 63.0 cm³/mol. The van der Waals surface area contributed by atoms with Gasteiger partial charge in [0, 0.05) is 15.9 Å². The van der Waals surface area contributed by atoms with Gasteiger partial charge in [-0.2, -0.15) is 0 Å². The van der Waals surface area contributed by atoms with Crippen LogP contribution in [0.25, 0.3) is 10.4 Å². The third kappa shape index (κ3) is 4.23. The van der Waals surface area contributed by atoms with Crippen molar-refractivity contribution in [2.75, 3.05) is 13.2 Å². The smallest absolute Gasteiger partial charge is 0.119 e. The van der Waals surface area contributed by atoms with E-state index in [0.717, 1.165) is 22.2 Å².